The van der Waals surface area contributed by atoms with E-state index in [4.69, 9.17) is 10.00 Å². The number of benzene rings is 1. The molecular formula is C12H12N2O2. The first-order chi connectivity index (χ1) is 7.81. The Morgan fingerprint density at radius 2 is 2.19 bits per heavy atom. The van der Waals surface area contributed by atoms with Gasteiger partial charge in [0.25, 0.3) is 0 Å². The molecule has 1 amide bonds. The van der Waals surface area contributed by atoms with Gasteiger partial charge in [0.05, 0.1) is 18.5 Å². The third kappa shape index (κ3) is 2.14. The summed E-state index contributed by atoms with van der Waals surface area (Å²) in [6.07, 6.45) is -0.323. The highest BCUT2D eigenvalue weighted by Crippen LogP contribution is 2.17. The highest BCUT2D eigenvalue weighted by molar-refractivity contribution is 5.69. The van der Waals surface area contributed by atoms with Gasteiger partial charge in [-0.1, -0.05) is 30.3 Å². The Kier molecular flexibility index (Phi) is 3.06. The molecular weight excluding hydrogens is 204 g/mol. The van der Waals surface area contributed by atoms with Gasteiger partial charge in [-0.15, -0.1) is 0 Å². The smallest absolute Gasteiger partial charge is 0.409 e. The monoisotopic (exact) mass is 216 g/mol. The summed E-state index contributed by atoms with van der Waals surface area (Å²) in [6.45, 7) is 1.40. The lowest BCUT2D eigenvalue weighted by Gasteiger charge is -2.16. The third-order valence-corrected chi connectivity index (χ3v) is 2.61. The molecule has 0 aliphatic carbocycles. The van der Waals surface area contributed by atoms with Gasteiger partial charge in [0.1, 0.15) is 6.61 Å². The van der Waals surface area contributed by atoms with E-state index in [0.29, 0.717) is 19.7 Å². The van der Waals surface area contributed by atoms with Crippen molar-refractivity contribution in [1.29, 1.82) is 5.26 Å². The lowest BCUT2D eigenvalue weighted by Crippen LogP contribution is -2.28. The highest BCUT2D eigenvalue weighted by atomic mass is 16.6. The van der Waals surface area contributed by atoms with Crippen LogP contribution < -0.4 is 0 Å². The molecule has 4 heteroatoms. The molecule has 1 atom stereocenters. The Bertz CT molecular complexity index is 411. The molecule has 1 unspecified atom stereocenters. The molecule has 1 aromatic carbocycles. The first-order valence-corrected chi connectivity index (χ1v) is 5.17. The standard InChI is InChI=1S/C12H12N2O2/c13-8-11(10-4-2-1-3-5-10)9-14-6-7-16-12(14)15/h1-5,11H,6-7,9H2. The second-order valence-electron chi connectivity index (χ2n) is 3.65. The SMILES string of the molecule is N#CC(CN1CCOC1=O)c1ccccc1. The topological polar surface area (TPSA) is 53.3 Å². The molecule has 16 heavy (non-hydrogen) atoms. The number of rotatable bonds is 3. The fourth-order valence-corrected chi connectivity index (χ4v) is 1.72. The summed E-state index contributed by atoms with van der Waals surface area (Å²) in [4.78, 5) is 12.8. The molecule has 0 aromatic heterocycles. The Labute approximate surface area is 94.0 Å². The fraction of sp³-hybridized carbons (Fsp3) is 0.333. The molecule has 0 spiro atoms. The number of carbonyl (C=O) groups is 1. The largest absolute Gasteiger partial charge is 0.448 e. The number of hydrogen-bond acceptors (Lipinski definition) is 3. The molecule has 0 radical (unpaired) electrons. The van der Waals surface area contributed by atoms with Crippen LogP contribution in [0.15, 0.2) is 30.3 Å². The molecule has 0 saturated carbocycles. The van der Waals surface area contributed by atoms with Gasteiger partial charge in [0.2, 0.25) is 0 Å². The van der Waals surface area contributed by atoms with Gasteiger partial charge in [-0.05, 0) is 5.56 Å². The summed E-state index contributed by atoms with van der Waals surface area (Å²) in [5.41, 5.74) is 0.935. The Hall–Kier alpha value is -2.02. The summed E-state index contributed by atoms with van der Waals surface area (Å²) < 4.78 is 4.82. The number of amides is 1. The van der Waals surface area contributed by atoms with Crippen LogP contribution in [0.5, 0.6) is 0 Å². The normalized spacial score (nSPS) is 16.7. The zero-order valence-corrected chi connectivity index (χ0v) is 8.80. The number of cyclic esters (lactones) is 1. The lowest BCUT2D eigenvalue weighted by molar-refractivity contribution is 0.158. The van der Waals surface area contributed by atoms with Gasteiger partial charge in [-0.25, -0.2) is 4.79 Å². The van der Waals surface area contributed by atoms with Crippen molar-refractivity contribution in [1.82, 2.24) is 4.90 Å². The summed E-state index contributed by atoms with van der Waals surface area (Å²) in [6, 6.07) is 11.7. The maximum atomic E-state index is 11.3. The van der Waals surface area contributed by atoms with E-state index in [0.717, 1.165) is 5.56 Å². The zero-order valence-electron chi connectivity index (χ0n) is 8.80. The first-order valence-electron chi connectivity index (χ1n) is 5.17. The highest BCUT2D eigenvalue weighted by Gasteiger charge is 2.25. The van der Waals surface area contributed by atoms with Gasteiger partial charge in [-0.2, -0.15) is 5.26 Å². The number of nitrogens with zero attached hydrogens (tertiary/aromatic N) is 2. The van der Waals surface area contributed by atoms with Crippen LogP contribution >= 0.6 is 0 Å². The van der Waals surface area contributed by atoms with Crippen molar-refractivity contribution in [3.63, 3.8) is 0 Å². The minimum atomic E-state index is -0.323. The van der Waals surface area contributed by atoms with Crippen LogP contribution in [-0.2, 0) is 4.74 Å². The van der Waals surface area contributed by atoms with Crippen molar-refractivity contribution in [2.45, 2.75) is 5.92 Å². The van der Waals surface area contributed by atoms with Crippen molar-refractivity contribution >= 4 is 6.09 Å². The zero-order chi connectivity index (χ0) is 11.4. The first kappa shape index (κ1) is 10.5. The van der Waals surface area contributed by atoms with Gasteiger partial charge in [-0.3, -0.25) is 0 Å². The van der Waals surface area contributed by atoms with Gasteiger partial charge < -0.3 is 9.64 Å². The Balaban J connectivity index is 2.07. The van der Waals surface area contributed by atoms with Crippen molar-refractivity contribution in [3.8, 4) is 6.07 Å². The van der Waals surface area contributed by atoms with Crippen LogP contribution in [0, 0.1) is 11.3 Å². The lowest BCUT2D eigenvalue weighted by atomic mass is 10.0. The Morgan fingerprint density at radius 3 is 2.75 bits per heavy atom. The van der Waals surface area contributed by atoms with Crippen LogP contribution in [0.25, 0.3) is 0 Å². The fourth-order valence-electron chi connectivity index (χ4n) is 1.72. The summed E-state index contributed by atoms with van der Waals surface area (Å²) >= 11 is 0. The van der Waals surface area contributed by atoms with Crippen LogP contribution in [0.3, 0.4) is 0 Å². The van der Waals surface area contributed by atoms with Crippen LogP contribution in [0.1, 0.15) is 11.5 Å². The predicted octanol–water partition coefficient (Wildman–Crippen LogP) is 1.75. The summed E-state index contributed by atoms with van der Waals surface area (Å²) in [7, 11) is 0. The van der Waals surface area contributed by atoms with E-state index < -0.39 is 0 Å². The number of ether oxygens (including phenoxy) is 1. The molecule has 4 nitrogen and oxygen atoms in total. The van der Waals surface area contributed by atoms with Crippen LogP contribution in [-0.4, -0.2) is 30.7 Å². The minimum Gasteiger partial charge on any atom is -0.448 e. The quantitative estimate of drug-likeness (QED) is 0.773. The van der Waals surface area contributed by atoms with Gasteiger partial charge in [0.15, 0.2) is 0 Å². The van der Waals surface area contributed by atoms with E-state index in [1.165, 1.54) is 0 Å². The van der Waals surface area contributed by atoms with Crippen LogP contribution in [0.2, 0.25) is 0 Å². The van der Waals surface area contributed by atoms with Gasteiger partial charge in [0, 0.05) is 6.54 Å². The molecule has 1 heterocycles. The molecule has 0 N–H and O–H groups in total. The maximum absolute atomic E-state index is 11.3. The van der Waals surface area contributed by atoms with Crippen LogP contribution in [0.4, 0.5) is 4.79 Å². The number of nitriles is 1. The molecule has 1 fully saturated rings. The predicted molar refractivity (Wildman–Crippen MR) is 57.7 cm³/mol. The van der Waals surface area contributed by atoms with Gasteiger partial charge >= 0.3 is 6.09 Å². The third-order valence-electron chi connectivity index (χ3n) is 2.61. The summed E-state index contributed by atoms with van der Waals surface area (Å²) in [5.74, 6) is -0.285. The summed E-state index contributed by atoms with van der Waals surface area (Å²) in [5, 5.41) is 9.10. The van der Waals surface area contributed by atoms with E-state index >= 15 is 0 Å². The molecule has 1 saturated heterocycles. The Morgan fingerprint density at radius 1 is 1.44 bits per heavy atom. The second kappa shape index (κ2) is 4.67. The minimum absolute atomic E-state index is 0.285. The molecule has 2 rings (SSSR count). The van der Waals surface area contributed by atoms with Crippen molar-refractivity contribution < 1.29 is 9.53 Å². The van der Waals surface area contributed by atoms with Crippen molar-refractivity contribution in [2.75, 3.05) is 19.7 Å². The average molecular weight is 216 g/mol. The molecule has 0 bridgehead atoms. The number of carbonyl (C=O) groups excluding carboxylic acids is 1. The van der Waals surface area contributed by atoms with E-state index in [9.17, 15) is 4.79 Å². The molecule has 1 aliphatic heterocycles. The van der Waals surface area contributed by atoms with E-state index in [1.54, 1.807) is 4.90 Å². The number of hydrogen-bond donors (Lipinski definition) is 0. The second-order valence-corrected chi connectivity index (χ2v) is 3.65. The molecule has 82 valence electrons. The van der Waals surface area contributed by atoms with E-state index in [1.807, 2.05) is 30.3 Å². The van der Waals surface area contributed by atoms with E-state index in [-0.39, 0.29) is 12.0 Å². The van der Waals surface area contributed by atoms with Crippen molar-refractivity contribution in [3.05, 3.63) is 35.9 Å². The maximum Gasteiger partial charge on any atom is 0.409 e. The molecule has 1 aromatic rings. The molecule has 1 aliphatic rings. The average Bonchev–Trinajstić information content (AvgIpc) is 2.73. The van der Waals surface area contributed by atoms with E-state index in [2.05, 4.69) is 6.07 Å². The van der Waals surface area contributed by atoms with Crippen molar-refractivity contribution in [2.24, 2.45) is 0 Å².